The summed E-state index contributed by atoms with van der Waals surface area (Å²) in [5.74, 6) is 0.277. The molecule has 0 atom stereocenters. The summed E-state index contributed by atoms with van der Waals surface area (Å²) >= 11 is 0. The second kappa shape index (κ2) is 9.15. The van der Waals surface area contributed by atoms with E-state index in [-0.39, 0.29) is 16.6 Å². The lowest BCUT2D eigenvalue weighted by atomic mass is 10.1. The van der Waals surface area contributed by atoms with Crippen molar-refractivity contribution in [3.8, 4) is 11.5 Å². The number of benzene rings is 2. The summed E-state index contributed by atoms with van der Waals surface area (Å²) in [6, 6.07) is 20.5. The fourth-order valence-corrected chi connectivity index (χ4v) is 4.48. The van der Waals surface area contributed by atoms with Gasteiger partial charge in [-0.05, 0) is 55.5 Å². The summed E-state index contributed by atoms with van der Waals surface area (Å²) in [6.45, 7) is 2.02. The lowest BCUT2D eigenvalue weighted by molar-refractivity contribution is 0.0950. The van der Waals surface area contributed by atoms with Gasteiger partial charge >= 0.3 is 0 Å². The minimum atomic E-state index is -3.53. The first-order chi connectivity index (χ1) is 15.4. The fourth-order valence-electron chi connectivity index (χ4n) is 3.12. The van der Waals surface area contributed by atoms with Crippen molar-refractivity contribution in [1.82, 2.24) is 15.3 Å². The van der Waals surface area contributed by atoms with Crippen LogP contribution in [0.1, 0.15) is 27.5 Å². The van der Waals surface area contributed by atoms with Gasteiger partial charge in [0.15, 0.2) is 9.84 Å². The predicted octanol–water partition coefficient (Wildman–Crippen LogP) is 3.95. The van der Waals surface area contributed by atoms with E-state index in [0.29, 0.717) is 35.0 Å². The molecule has 0 saturated carbocycles. The third kappa shape index (κ3) is 4.92. The molecule has 0 unspecified atom stereocenters. The second-order valence-corrected chi connectivity index (χ2v) is 9.16. The molecule has 0 spiro atoms. The molecule has 8 heteroatoms. The standard InChI is InChI=1S/C24H21N3O4S/c1-17-22(16-32(29,30)21-8-3-2-4-9-21)27-24(31-17)19-12-10-18(11-13-19)23(28)26-15-20-7-5-6-14-25-20/h2-14H,15-16H2,1H3,(H,26,28). The highest BCUT2D eigenvalue weighted by Crippen LogP contribution is 2.25. The van der Waals surface area contributed by atoms with Gasteiger partial charge in [-0.2, -0.15) is 0 Å². The van der Waals surface area contributed by atoms with Crippen LogP contribution < -0.4 is 5.32 Å². The van der Waals surface area contributed by atoms with Gasteiger partial charge < -0.3 is 9.73 Å². The summed E-state index contributed by atoms with van der Waals surface area (Å²) in [5.41, 5.74) is 2.27. The highest BCUT2D eigenvalue weighted by atomic mass is 32.2. The van der Waals surface area contributed by atoms with Gasteiger partial charge in [0, 0.05) is 17.3 Å². The molecule has 1 N–H and O–H groups in total. The third-order valence-electron chi connectivity index (χ3n) is 4.87. The molecule has 0 aliphatic heterocycles. The zero-order valence-electron chi connectivity index (χ0n) is 17.4. The molecule has 4 aromatic rings. The maximum Gasteiger partial charge on any atom is 0.251 e. The number of hydrogen-bond acceptors (Lipinski definition) is 6. The van der Waals surface area contributed by atoms with Crippen LogP contribution in [0, 0.1) is 6.92 Å². The van der Waals surface area contributed by atoms with Crippen LogP contribution >= 0.6 is 0 Å². The van der Waals surface area contributed by atoms with Crippen molar-refractivity contribution in [2.75, 3.05) is 0 Å². The topological polar surface area (TPSA) is 102 Å². The third-order valence-corrected chi connectivity index (χ3v) is 6.52. The van der Waals surface area contributed by atoms with Crippen LogP contribution in [0.5, 0.6) is 0 Å². The Hall–Kier alpha value is -3.78. The Kier molecular flexibility index (Phi) is 6.13. The molecule has 0 aliphatic carbocycles. The van der Waals surface area contributed by atoms with E-state index in [1.54, 1.807) is 67.7 Å². The Morgan fingerprint density at radius 1 is 0.969 bits per heavy atom. The van der Waals surface area contributed by atoms with Crippen molar-refractivity contribution < 1.29 is 17.6 Å². The van der Waals surface area contributed by atoms with Crippen molar-refractivity contribution in [2.24, 2.45) is 0 Å². The summed E-state index contributed by atoms with van der Waals surface area (Å²) < 4.78 is 31.0. The van der Waals surface area contributed by atoms with E-state index in [0.717, 1.165) is 5.69 Å². The quantitative estimate of drug-likeness (QED) is 0.460. The molecule has 2 aromatic heterocycles. The first kappa shape index (κ1) is 21.5. The van der Waals surface area contributed by atoms with Crippen molar-refractivity contribution >= 4 is 15.7 Å². The van der Waals surface area contributed by atoms with Gasteiger partial charge in [0.25, 0.3) is 5.91 Å². The smallest absolute Gasteiger partial charge is 0.251 e. The number of aromatic nitrogens is 2. The van der Waals surface area contributed by atoms with E-state index in [9.17, 15) is 13.2 Å². The van der Waals surface area contributed by atoms with Crippen LogP contribution in [0.15, 0.2) is 88.3 Å². The van der Waals surface area contributed by atoms with E-state index in [1.165, 1.54) is 0 Å². The molecule has 162 valence electrons. The zero-order chi connectivity index (χ0) is 22.6. The largest absolute Gasteiger partial charge is 0.441 e. The minimum absolute atomic E-state index is 0.222. The number of nitrogens with one attached hydrogen (secondary N) is 1. The van der Waals surface area contributed by atoms with Crippen LogP contribution in [0.25, 0.3) is 11.5 Å². The number of carbonyl (C=O) groups excluding carboxylic acids is 1. The first-order valence-electron chi connectivity index (χ1n) is 9.95. The molecule has 1 amide bonds. The van der Waals surface area contributed by atoms with E-state index < -0.39 is 9.84 Å². The minimum Gasteiger partial charge on any atom is -0.441 e. The Labute approximate surface area is 186 Å². The number of pyridine rings is 1. The molecule has 0 saturated heterocycles. The van der Waals surface area contributed by atoms with E-state index >= 15 is 0 Å². The fraction of sp³-hybridized carbons (Fsp3) is 0.125. The lowest BCUT2D eigenvalue weighted by Gasteiger charge is -2.05. The molecule has 32 heavy (non-hydrogen) atoms. The SMILES string of the molecule is Cc1oc(-c2ccc(C(=O)NCc3ccccn3)cc2)nc1CS(=O)(=O)c1ccccc1. The van der Waals surface area contributed by atoms with Crippen LogP contribution in [0.2, 0.25) is 0 Å². The number of sulfone groups is 1. The Morgan fingerprint density at radius 2 is 1.69 bits per heavy atom. The number of hydrogen-bond donors (Lipinski definition) is 1. The molecular weight excluding hydrogens is 426 g/mol. The summed E-state index contributed by atoms with van der Waals surface area (Å²) in [7, 11) is -3.53. The highest BCUT2D eigenvalue weighted by molar-refractivity contribution is 7.90. The van der Waals surface area contributed by atoms with Crippen molar-refractivity contribution in [1.29, 1.82) is 0 Å². The van der Waals surface area contributed by atoms with Crippen LogP contribution in [0.3, 0.4) is 0 Å². The molecule has 0 radical (unpaired) electrons. The Bertz CT molecular complexity index is 1320. The molecule has 0 fully saturated rings. The van der Waals surface area contributed by atoms with Crippen LogP contribution in [-0.4, -0.2) is 24.3 Å². The Morgan fingerprint density at radius 3 is 2.38 bits per heavy atom. The maximum atomic E-state index is 12.7. The average Bonchev–Trinajstić information content (AvgIpc) is 3.18. The van der Waals surface area contributed by atoms with E-state index in [4.69, 9.17) is 4.42 Å². The van der Waals surface area contributed by atoms with Crippen LogP contribution in [-0.2, 0) is 22.1 Å². The lowest BCUT2D eigenvalue weighted by Crippen LogP contribution is -2.23. The van der Waals surface area contributed by atoms with Gasteiger partial charge in [-0.25, -0.2) is 13.4 Å². The molecule has 0 bridgehead atoms. The van der Waals surface area contributed by atoms with Gasteiger partial charge in [-0.1, -0.05) is 24.3 Å². The van der Waals surface area contributed by atoms with E-state index in [2.05, 4.69) is 15.3 Å². The van der Waals surface area contributed by atoms with E-state index in [1.807, 2.05) is 18.2 Å². The second-order valence-electron chi connectivity index (χ2n) is 7.18. The van der Waals surface area contributed by atoms with Crippen LogP contribution in [0.4, 0.5) is 0 Å². The number of carbonyl (C=O) groups is 1. The summed E-state index contributed by atoms with van der Waals surface area (Å²) in [6.07, 6.45) is 1.67. The van der Waals surface area contributed by atoms with Crippen molar-refractivity contribution in [3.05, 3.63) is 102 Å². The summed E-state index contributed by atoms with van der Waals surface area (Å²) in [4.78, 5) is 21.2. The molecule has 4 rings (SSSR count). The highest BCUT2D eigenvalue weighted by Gasteiger charge is 2.21. The predicted molar refractivity (Wildman–Crippen MR) is 119 cm³/mol. The normalized spacial score (nSPS) is 11.3. The van der Waals surface area contributed by atoms with Crippen molar-refractivity contribution in [3.63, 3.8) is 0 Å². The monoisotopic (exact) mass is 447 g/mol. The maximum absolute atomic E-state index is 12.7. The number of rotatable bonds is 7. The molecule has 0 aliphatic rings. The number of oxazole rings is 1. The average molecular weight is 448 g/mol. The first-order valence-corrected chi connectivity index (χ1v) is 11.6. The molecule has 2 aromatic carbocycles. The van der Waals surface area contributed by atoms with Gasteiger partial charge in [0.05, 0.1) is 22.8 Å². The zero-order valence-corrected chi connectivity index (χ0v) is 18.2. The number of aryl methyl sites for hydroxylation is 1. The van der Waals surface area contributed by atoms with Gasteiger partial charge in [0.2, 0.25) is 5.89 Å². The Balaban J connectivity index is 1.46. The summed E-state index contributed by atoms with van der Waals surface area (Å²) in [5, 5.41) is 2.82. The number of amides is 1. The number of nitrogens with zero attached hydrogens (tertiary/aromatic N) is 2. The van der Waals surface area contributed by atoms with Gasteiger partial charge in [-0.15, -0.1) is 0 Å². The van der Waals surface area contributed by atoms with Gasteiger partial charge in [-0.3, -0.25) is 9.78 Å². The molecule has 7 nitrogen and oxygen atoms in total. The van der Waals surface area contributed by atoms with Gasteiger partial charge in [0.1, 0.15) is 11.5 Å². The molecular formula is C24H21N3O4S. The molecule has 2 heterocycles. The van der Waals surface area contributed by atoms with Crippen molar-refractivity contribution in [2.45, 2.75) is 24.1 Å².